The number of furan rings is 1. The van der Waals surface area contributed by atoms with Crippen LogP contribution in [0, 0.1) is 6.92 Å². The summed E-state index contributed by atoms with van der Waals surface area (Å²) in [6.07, 6.45) is 5.71. The molecule has 1 aliphatic heterocycles. The number of carbonyl (C=O) groups is 1. The Balaban J connectivity index is 1.68. The van der Waals surface area contributed by atoms with Gasteiger partial charge in [0.15, 0.2) is 13.1 Å². The van der Waals surface area contributed by atoms with Crippen molar-refractivity contribution in [3.8, 4) is 0 Å². The number of hydrogen-bond acceptors (Lipinski definition) is 5. The number of ether oxygens (including phenoxy) is 1. The van der Waals surface area contributed by atoms with Crippen LogP contribution in [-0.2, 0) is 11.3 Å². The largest absolute Gasteiger partial charge is 0.464 e. The van der Waals surface area contributed by atoms with E-state index >= 15 is 0 Å². The Bertz CT molecular complexity index is 522. The summed E-state index contributed by atoms with van der Waals surface area (Å²) in [5.41, 5.74) is 2.74. The van der Waals surface area contributed by atoms with Gasteiger partial charge in [0.25, 0.3) is 0 Å². The zero-order chi connectivity index (χ0) is 14.7. The molecule has 114 valence electrons. The van der Waals surface area contributed by atoms with Crippen LogP contribution in [0.3, 0.4) is 0 Å². The van der Waals surface area contributed by atoms with Gasteiger partial charge in [0.2, 0.25) is 0 Å². The van der Waals surface area contributed by atoms with Gasteiger partial charge in [0.05, 0.1) is 6.54 Å². The molecule has 1 N–H and O–H groups in total. The second-order valence-electron chi connectivity index (χ2n) is 5.41. The highest BCUT2D eigenvalue weighted by Gasteiger charge is 2.28. The monoisotopic (exact) mass is 292 g/mol. The van der Waals surface area contributed by atoms with Gasteiger partial charge in [-0.25, -0.2) is 10.2 Å². The number of amides is 2. The average Bonchev–Trinajstić information content (AvgIpc) is 3.17. The second-order valence-corrected chi connectivity index (χ2v) is 5.41. The SMILES string of the molecule is Cc1ccc(CN(C(=O)NN2COC=N2)C2CCCC2)o1. The molecule has 0 atom stereocenters. The zero-order valence-electron chi connectivity index (χ0n) is 12.1. The van der Waals surface area contributed by atoms with E-state index in [4.69, 9.17) is 9.15 Å². The van der Waals surface area contributed by atoms with Crippen LogP contribution in [-0.4, -0.2) is 35.2 Å². The van der Waals surface area contributed by atoms with Gasteiger partial charge >= 0.3 is 6.03 Å². The van der Waals surface area contributed by atoms with Crippen LogP contribution >= 0.6 is 0 Å². The first-order valence-corrected chi connectivity index (χ1v) is 7.26. The molecule has 2 aliphatic rings. The summed E-state index contributed by atoms with van der Waals surface area (Å²) < 4.78 is 10.6. The van der Waals surface area contributed by atoms with E-state index in [-0.39, 0.29) is 18.8 Å². The molecular weight excluding hydrogens is 272 g/mol. The van der Waals surface area contributed by atoms with Gasteiger partial charge in [-0.1, -0.05) is 12.8 Å². The first-order chi connectivity index (χ1) is 10.2. The molecule has 2 amide bonds. The van der Waals surface area contributed by atoms with Crippen molar-refractivity contribution in [2.45, 2.75) is 45.2 Å². The van der Waals surface area contributed by atoms with E-state index < -0.39 is 0 Å². The number of nitrogens with one attached hydrogen (secondary N) is 1. The van der Waals surface area contributed by atoms with Crippen molar-refractivity contribution < 1.29 is 13.9 Å². The van der Waals surface area contributed by atoms with Crippen LogP contribution in [0.4, 0.5) is 4.79 Å². The molecule has 7 heteroatoms. The minimum atomic E-state index is -0.168. The molecule has 0 saturated heterocycles. The highest BCUT2D eigenvalue weighted by atomic mass is 16.5. The van der Waals surface area contributed by atoms with Crippen LogP contribution < -0.4 is 5.43 Å². The van der Waals surface area contributed by atoms with Gasteiger partial charge in [-0.2, -0.15) is 5.12 Å². The molecule has 0 unspecified atom stereocenters. The second kappa shape index (κ2) is 6.07. The first-order valence-electron chi connectivity index (χ1n) is 7.26. The van der Waals surface area contributed by atoms with Crippen LogP contribution in [0.1, 0.15) is 37.2 Å². The lowest BCUT2D eigenvalue weighted by Gasteiger charge is -2.29. The van der Waals surface area contributed by atoms with E-state index in [1.165, 1.54) is 11.5 Å². The molecule has 1 aliphatic carbocycles. The quantitative estimate of drug-likeness (QED) is 0.923. The van der Waals surface area contributed by atoms with Crippen molar-refractivity contribution in [3.05, 3.63) is 23.7 Å². The lowest BCUT2D eigenvalue weighted by atomic mass is 10.2. The Labute approximate surface area is 123 Å². The summed E-state index contributed by atoms with van der Waals surface area (Å²) in [7, 11) is 0. The van der Waals surface area contributed by atoms with Crippen molar-refractivity contribution in [1.29, 1.82) is 0 Å². The molecule has 21 heavy (non-hydrogen) atoms. The highest BCUT2D eigenvalue weighted by Crippen LogP contribution is 2.25. The van der Waals surface area contributed by atoms with Gasteiger partial charge < -0.3 is 14.1 Å². The molecule has 1 fully saturated rings. The maximum absolute atomic E-state index is 12.5. The Kier molecular flexibility index (Phi) is 3.98. The lowest BCUT2D eigenvalue weighted by Crippen LogP contribution is -2.49. The predicted octanol–water partition coefficient (Wildman–Crippen LogP) is 2.19. The van der Waals surface area contributed by atoms with E-state index in [1.807, 2.05) is 24.0 Å². The number of rotatable bonds is 4. The van der Waals surface area contributed by atoms with Crippen molar-refractivity contribution >= 4 is 12.4 Å². The Morgan fingerprint density at radius 1 is 1.48 bits per heavy atom. The highest BCUT2D eigenvalue weighted by molar-refractivity contribution is 5.74. The molecule has 3 rings (SSSR count). The maximum Gasteiger partial charge on any atom is 0.338 e. The van der Waals surface area contributed by atoms with Gasteiger partial charge in [-0.3, -0.25) is 0 Å². The number of hydrazine groups is 1. The summed E-state index contributed by atoms with van der Waals surface area (Å²) in [5.74, 6) is 1.66. The van der Waals surface area contributed by atoms with E-state index in [9.17, 15) is 4.79 Å². The van der Waals surface area contributed by atoms with Crippen molar-refractivity contribution in [2.75, 3.05) is 6.73 Å². The van der Waals surface area contributed by atoms with E-state index in [0.717, 1.165) is 37.2 Å². The van der Waals surface area contributed by atoms with Crippen LogP contribution in [0.25, 0.3) is 0 Å². The number of hydrogen-bond donors (Lipinski definition) is 1. The molecule has 2 heterocycles. The summed E-state index contributed by atoms with van der Waals surface area (Å²) >= 11 is 0. The van der Waals surface area contributed by atoms with Crippen LogP contribution in [0.5, 0.6) is 0 Å². The Morgan fingerprint density at radius 3 is 2.90 bits per heavy atom. The van der Waals surface area contributed by atoms with Crippen LogP contribution in [0.2, 0.25) is 0 Å². The third-order valence-electron chi connectivity index (χ3n) is 3.83. The lowest BCUT2D eigenvalue weighted by molar-refractivity contribution is 0.0956. The van der Waals surface area contributed by atoms with Crippen LogP contribution in [0.15, 0.2) is 21.7 Å². The topological polar surface area (TPSA) is 70.3 Å². The fourth-order valence-electron chi connectivity index (χ4n) is 2.78. The summed E-state index contributed by atoms with van der Waals surface area (Å²) in [6, 6.07) is 3.92. The molecule has 1 aromatic rings. The number of carbonyl (C=O) groups excluding carboxylic acids is 1. The van der Waals surface area contributed by atoms with Crippen molar-refractivity contribution in [3.63, 3.8) is 0 Å². The fourth-order valence-corrected chi connectivity index (χ4v) is 2.78. The molecule has 0 aromatic carbocycles. The Hall–Kier alpha value is -2.18. The third kappa shape index (κ3) is 3.29. The summed E-state index contributed by atoms with van der Waals surface area (Å²) in [6.45, 7) is 2.62. The first kappa shape index (κ1) is 13.8. The molecule has 1 aromatic heterocycles. The fraction of sp³-hybridized carbons (Fsp3) is 0.571. The molecular formula is C14H20N4O3. The number of hydrazone groups is 1. The maximum atomic E-state index is 12.5. The smallest absolute Gasteiger partial charge is 0.338 e. The summed E-state index contributed by atoms with van der Waals surface area (Å²) in [5, 5.41) is 5.29. The minimum absolute atomic E-state index is 0.168. The molecule has 0 spiro atoms. The molecule has 0 radical (unpaired) electrons. The van der Waals surface area contributed by atoms with Crippen molar-refractivity contribution in [1.82, 2.24) is 15.4 Å². The van der Waals surface area contributed by atoms with E-state index in [0.29, 0.717) is 6.54 Å². The van der Waals surface area contributed by atoms with Gasteiger partial charge in [0, 0.05) is 6.04 Å². The number of urea groups is 1. The summed E-state index contributed by atoms with van der Waals surface area (Å²) in [4.78, 5) is 14.3. The van der Waals surface area contributed by atoms with E-state index in [2.05, 4.69) is 10.5 Å². The van der Waals surface area contributed by atoms with Gasteiger partial charge in [0.1, 0.15) is 11.5 Å². The molecule has 7 nitrogen and oxygen atoms in total. The third-order valence-corrected chi connectivity index (χ3v) is 3.83. The average molecular weight is 292 g/mol. The van der Waals surface area contributed by atoms with Crippen molar-refractivity contribution in [2.24, 2.45) is 5.10 Å². The minimum Gasteiger partial charge on any atom is -0.464 e. The molecule has 1 saturated carbocycles. The van der Waals surface area contributed by atoms with Gasteiger partial charge in [-0.05, 0) is 31.9 Å². The van der Waals surface area contributed by atoms with Gasteiger partial charge in [-0.15, -0.1) is 5.10 Å². The molecule has 0 bridgehead atoms. The zero-order valence-corrected chi connectivity index (χ0v) is 12.1. The Morgan fingerprint density at radius 2 is 2.29 bits per heavy atom. The predicted molar refractivity (Wildman–Crippen MR) is 76.1 cm³/mol. The van der Waals surface area contributed by atoms with E-state index in [1.54, 1.807) is 0 Å². The number of aryl methyl sites for hydroxylation is 1. The number of nitrogens with zero attached hydrogens (tertiary/aromatic N) is 3. The normalized spacial score (nSPS) is 18.0. The standard InChI is InChI=1S/C14H20N4O3/c1-11-6-7-13(21-11)8-17(12-4-2-3-5-12)14(19)16-18-10-20-9-15-18/h6-7,9,12H,2-5,8,10H2,1H3,(H,16,19).